The van der Waals surface area contributed by atoms with Gasteiger partial charge >= 0.3 is 0 Å². The topological polar surface area (TPSA) is 86.2 Å². The number of thioether (sulfide) groups is 1. The van der Waals surface area contributed by atoms with Crippen LogP contribution in [-0.4, -0.2) is 44.4 Å². The largest absolute Gasteiger partial charge is 0.390 e. The highest BCUT2D eigenvalue weighted by Gasteiger charge is 2.15. The maximum Gasteiger partial charge on any atom is 0.191 e. The second-order valence-corrected chi connectivity index (χ2v) is 5.90. The molecule has 0 fully saturated rings. The quantitative estimate of drug-likeness (QED) is 0.699. The van der Waals surface area contributed by atoms with E-state index in [1.54, 1.807) is 0 Å². The van der Waals surface area contributed by atoms with Crippen molar-refractivity contribution in [2.45, 2.75) is 57.6 Å². The molecular weight excluding hydrogens is 264 g/mol. The Morgan fingerprint density at radius 2 is 2.00 bits per heavy atom. The molecule has 1 aromatic heterocycles. The van der Waals surface area contributed by atoms with E-state index in [-0.39, 0.29) is 12.1 Å². The Kier molecular flexibility index (Phi) is 6.78. The first-order chi connectivity index (χ1) is 8.95. The van der Waals surface area contributed by atoms with Crippen LogP contribution in [0.1, 0.15) is 39.6 Å². The Morgan fingerprint density at radius 3 is 2.53 bits per heavy atom. The van der Waals surface area contributed by atoms with E-state index < -0.39 is 6.10 Å². The SMILES string of the molecule is CC(C)OCC(O)CSc1nnc(CN)n1C(C)C. The number of aromatic nitrogens is 3. The Balaban J connectivity index is 2.55. The van der Waals surface area contributed by atoms with Gasteiger partial charge in [0.2, 0.25) is 0 Å². The molecule has 1 unspecified atom stereocenters. The van der Waals surface area contributed by atoms with Crippen molar-refractivity contribution in [3.63, 3.8) is 0 Å². The number of nitrogens with two attached hydrogens (primary N) is 1. The van der Waals surface area contributed by atoms with Crippen molar-refractivity contribution in [1.82, 2.24) is 14.8 Å². The molecule has 0 aliphatic rings. The second kappa shape index (κ2) is 7.84. The van der Waals surface area contributed by atoms with E-state index in [2.05, 4.69) is 24.0 Å². The summed E-state index contributed by atoms with van der Waals surface area (Å²) in [7, 11) is 0. The molecule has 1 atom stereocenters. The zero-order chi connectivity index (χ0) is 14.4. The van der Waals surface area contributed by atoms with Crippen LogP contribution < -0.4 is 5.73 Å². The molecule has 7 heteroatoms. The smallest absolute Gasteiger partial charge is 0.191 e. The molecule has 0 radical (unpaired) electrons. The van der Waals surface area contributed by atoms with Crippen LogP contribution in [0.5, 0.6) is 0 Å². The monoisotopic (exact) mass is 288 g/mol. The van der Waals surface area contributed by atoms with Crippen LogP contribution in [0.2, 0.25) is 0 Å². The fourth-order valence-electron chi connectivity index (χ4n) is 1.59. The van der Waals surface area contributed by atoms with Crippen molar-refractivity contribution >= 4 is 11.8 Å². The van der Waals surface area contributed by atoms with E-state index in [1.807, 2.05) is 18.4 Å². The number of rotatable bonds is 8. The third-order valence-electron chi connectivity index (χ3n) is 2.46. The van der Waals surface area contributed by atoms with Crippen molar-refractivity contribution in [2.24, 2.45) is 5.73 Å². The van der Waals surface area contributed by atoms with Gasteiger partial charge in [0, 0.05) is 11.8 Å². The van der Waals surface area contributed by atoms with Crippen LogP contribution in [-0.2, 0) is 11.3 Å². The third-order valence-corrected chi connectivity index (χ3v) is 3.55. The van der Waals surface area contributed by atoms with E-state index in [4.69, 9.17) is 10.5 Å². The van der Waals surface area contributed by atoms with Crippen molar-refractivity contribution in [1.29, 1.82) is 0 Å². The fourth-order valence-corrected chi connectivity index (χ4v) is 2.58. The van der Waals surface area contributed by atoms with Gasteiger partial charge in [0.1, 0.15) is 5.82 Å². The first-order valence-corrected chi connectivity index (χ1v) is 7.50. The summed E-state index contributed by atoms with van der Waals surface area (Å²) in [6.45, 7) is 8.72. The molecule has 0 aromatic carbocycles. The van der Waals surface area contributed by atoms with Crippen LogP contribution in [0.4, 0.5) is 0 Å². The molecular formula is C12H24N4O2S. The summed E-state index contributed by atoms with van der Waals surface area (Å²) in [5, 5.41) is 18.8. The minimum atomic E-state index is -0.508. The molecule has 0 saturated carbocycles. The van der Waals surface area contributed by atoms with Crippen LogP contribution in [0.15, 0.2) is 5.16 Å². The number of aliphatic hydroxyl groups excluding tert-OH is 1. The van der Waals surface area contributed by atoms with Gasteiger partial charge in [0.25, 0.3) is 0 Å². The number of hydrogen-bond donors (Lipinski definition) is 2. The highest BCUT2D eigenvalue weighted by molar-refractivity contribution is 7.99. The van der Waals surface area contributed by atoms with Gasteiger partial charge in [-0.25, -0.2) is 0 Å². The van der Waals surface area contributed by atoms with Gasteiger partial charge in [-0.1, -0.05) is 11.8 Å². The van der Waals surface area contributed by atoms with Gasteiger partial charge in [-0.05, 0) is 27.7 Å². The predicted octanol–water partition coefficient (Wildman–Crippen LogP) is 1.20. The molecule has 0 amide bonds. The minimum absolute atomic E-state index is 0.128. The van der Waals surface area contributed by atoms with Crippen molar-refractivity contribution in [3.05, 3.63) is 5.82 Å². The fraction of sp³-hybridized carbons (Fsp3) is 0.833. The first kappa shape index (κ1) is 16.4. The van der Waals surface area contributed by atoms with E-state index in [0.29, 0.717) is 18.9 Å². The Bertz CT molecular complexity index is 382. The van der Waals surface area contributed by atoms with Gasteiger partial charge in [0.15, 0.2) is 5.16 Å². The summed E-state index contributed by atoms with van der Waals surface area (Å²) in [5.41, 5.74) is 5.64. The van der Waals surface area contributed by atoms with Crippen LogP contribution >= 0.6 is 11.8 Å². The predicted molar refractivity (Wildman–Crippen MR) is 76.1 cm³/mol. The third kappa shape index (κ3) is 5.10. The average Bonchev–Trinajstić information content (AvgIpc) is 2.76. The van der Waals surface area contributed by atoms with E-state index >= 15 is 0 Å². The van der Waals surface area contributed by atoms with Gasteiger partial charge in [-0.15, -0.1) is 10.2 Å². The van der Waals surface area contributed by atoms with Crippen LogP contribution in [0, 0.1) is 0 Å². The number of nitrogens with zero attached hydrogens (tertiary/aromatic N) is 3. The molecule has 0 saturated heterocycles. The normalized spacial score (nSPS) is 13.5. The second-order valence-electron chi connectivity index (χ2n) is 4.91. The van der Waals surface area contributed by atoms with Gasteiger partial charge in [-0.2, -0.15) is 0 Å². The molecule has 1 rings (SSSR count). The average molecular weight is 288 g/mol. The lowest BCUT2D eigenvalue weighted by molar-refractivity contribution is 0.0152. The van der Waals surface area contributed by atoms with E-state index in [1.165, 1.54) is 11.8 Å². The number of ether oxygens (including phenoxy) is 1. The maximum absolute atomic E-state index is 9.82. The summed E-state index contributed by atoms with van der Waals surface area (Å²) >= 11 is 1.48. The molecule has 1 aromatic rings. The number of hydrogen-bond acceptors (Lipinski definition) is 6. The summed E-state index contributed by atoms with van der Waals surface area (Å²) in [6, 6.07) is 0.250. The van der Waals surface area contributed by atoms with Crippen LogP contribution in [0.3, 0.4) is 0 Å². The molecule has 0 aliphatic carbocycles. The maximum atomic E-state index is 9.82. The molecule has 3 N–H and O–H groups in total. The highest BCUT2D eigenvalue weighted by atomic mass is 32.2. The van der Waals surface area contributed by atoms with E-state index in [0.717, 1.165) is 11.0 Å². The zero-order valence-corrected chi connectivity index (χ0v) is 12.9. The first-order valence-electron chi connectivity index (χ1n) is 6.52. The zero-order valence-electron chi connectivity index (χ0n) is 12.0. The lowest BCUT2D eigenvalue weighted by Crippen LogP contribution is -2.21. The van der Waals surface area contributed by atoms with E-state index in [9.17, 15) is 5.11 Å². The summed E-state index contributed by atoms with van der Waals surface area (Å²) in [6.07, 6.45) is -0.381. The molecule has 0 bridgehead atoms. The molecule has 0 spiro atoms. The molecule has 0 aliphatic heterocycles. The van der Waals surface area contributed by atoms with Gasteiger partial charge in [-0.3, -0.25) is 0 Å². The number of aliphatic hydroxyl groups is 1. The van der Waals surface area contributed by atoms with Crippen molar-refractivity contribution in [3.8, 4) is 0 Å². The standard InChI is InChI=1S/C12H24N4O2S/c1-8(2)16-11(5-13)14-15-12(16)19-7-10(17)6-18-9(3)4/h8-10,17H,5-7,13H2,1-4H3. The molecule has 110 valence electrons. The Morgan fingerprint density at radius 1 is 1.32 bits per heavy atom. The molecule has 6 nitrogen and oxygen atoms in total. The lowest BCUT2D eigenvalue weighted by atomic mass is 10.4. The summed E-state index contributed by atoms with van der Waals surface area (Å²) in [4.78, 5) is 0. The molecule has 1 heterocycles. The van der Waals surface area contributed by atoms with Gasteiger partial charge < -0.3 is 20.1 Å². The Labute approximate surface area is 118 Å². The van der Waals surface area contributed by atoms with Crippen molar-refractivity contribution in [2.75, 3.05) is 12.4 Å². The van der Waals surface area contributed by atoms with Gasteiger partial charge in [0.05, 0.1) is 25.4 Å². The molecule has 19 heavy (non-hydrogen) atoms. The van der Waals surface area contributed by atoms with Crippen LogP contribution in [0.25, 0.3) is 0 Å². The van der Waals surface area contributed by atoms with Crippen molar-refractivity contribution < 1.29 is 9.84 Å². The summed E-state index contributed by atoms with van der Waals surface area (Å²) < 4.78 is 7.37. The lowest BCUT2D eigenvalue weighted by Gasteiger charge is -2.15. The minimum Gasteiger partial charge on any atom is -0.390 e. The Hall–Kier alpha value is -0.630. The highest BCUT2D eigenvalue weighted by Crippen LogP contribution is 2.22. The summed E-state index contributed by atoms with van der Waals surface area (Å²) in [5.74, 6) is 1.30.